The summed E-state index contributed by atoms with van der Waals surface area (Å²) in [6.45, 7) is 3.60. The molecule has 6 heteroatoms. The van der Waals surface area contributed by atoms with Crippen LogP contribution >= 0.6 is 0 Å². The lowest BCUT2D eigenvalue weighted by Gasteiger charge is -2.06. The second-order valence-corrected chi connectivity index (χ2v) is 5.36. The summed E-state index contributed by atoms with van der Waals surface area (Å²) >= 11 is 0. The van der Waals surface area contributed by atoms with Gasteiger partial charge in [0.1, 0.15) is 5.82 Å². The second kappa shape index (κ2) is 6.62. The van der Waals surface area contributed by atoms with Gasteiger partial charge in [0.15, 0.2) is 0 Å². The van der Waals surface area contributed by atoms with Crippen LogP contribution in [-0.2, 0) is 6.42 Å². The van der Waals surface area contributed by atoms with Crippen LogP contribution in [0.25, 0.3) is 11.4 Å². The zero-order chi connectivity index (χ0) is 17.1. The Morgan fingerprint density at radius 3 is 2.58 bits per heavy atom. The van der Waals surface area contributed by atoms with Gasteiger partial charge in [-0.15, -0.1) is 0 Å². The normalized spacial score (nSPS) is 10.6. The standard InChI is InChI=1S/C18H16FN3O2/c1-3-16-21-17(22-24-16)12-5-7-13(8-6-12)18(23)20-14-9-4-11(2)15(19)10-14/h4-10H,3H2,1-2H3,(H,20,23). The molecular weight excluding hydrogens is 309 g/mol. The van der Waals surface area contributed by atoms with Gasteiger partial charge in [0.25, 0.3) is 5.91 Å². The van der Waals surface area contributed by atoms with E-state index in [1.54, 1.807) is 43.3 Å². The van der Waals surface area contributed by atoms with Gasteiger partial charge >= 0.3 is 0 Å². The van der Waals surface area contributed by atoms with E-state index < -0.39 is 0 Å². The largest absolute Gasteiger partial charge is 0.339 e. The molecule has 0 fully saturated rings. The molecule has 0 saturated carbocycles. The number of aryl methyl sites for hydroxylation is 2. The number of rotatable bonds is 4. The summed E-state index contributed by atoms with van der Waals surface area (Å²) in [5.74, 6) is 0.381. The van der Waals surface area contributed by atoms with Crippen LogP contribution < -0.4 is 5.32 Å². The predicted molar refractivity (Wildman–Crippen MR) is 88.2 cm³/mol. The summed E-state index contributed by atoms with van der Waals surface area (Å²) in [5.41, 5.74) is 2.16. The van der Waals surface area contributed by atoms with Crippen LogP contribution in [0, 0.1) is 12.7 Å². The summed E-state index contributed by atoms with van der Waals surface area (Å²) in [6, 6.07) is 11.4. The van der Waals surface area contributed by atoms with Crippen molar-refractivity contribution in [3.8, 4) is 11.4 Å². The summed E-state index contributed by atoms with van der Waals surface area (Å²) in [7, 11) is 0. The Bertz CT molecular complexity index is 872. The van der Waals surface area contributed by atoms with E-state index in [1.807, 2.05) is 6.92 Å². The van der Waals surface area contributed by atoms with Crippen molar-refractivity contribution in [2.45, 2.75) is 20.3 Å². The molecule has 0 aliphatic rings. The minimum atomic E-state index is -0.355. The Balaban J connectivity index is 1.74. The smallest absolute Gasteiger partial charge is 0.255 e. The average molecular weight is 325 g/mol. The first-order valence-electron chi connectivity index (χ1n) is 7.57. The average Bonchev–Trinajstić information content (AvgIpc) is 3.07. The Morgan fingerprint density at radius 1 is 1.21 bits per heavy atom. The number of benzene rings is 2. The second-order valence-electron chi connectivity index (χ2n) is 5.36. The SMILES string of the molecule is CCc1nc(-c2ccc(C(=O)Nc3ccc(C)c(F)c3)cc2)no1. The van der Waals surface area contributed by atoms with Crippen molar-refractivity contribution in [1.29, 1.82) is 0 Å². The van der Waals surface area contributed by atoms with Gasteiger partial charge in [-0.05, 0) is 36.8 Å². The lowest BCUT2D eigenvalue weighted by molar-refractivity contribution is 0.102. The first-order valence-corrected chi connectivity index (χ1v) is 7.57. The molecule has 1 heterocycles. The van der Waals surface area contributed by atoms with E-state index in [9.17, 15) is 9.18 Å². The molecule has 0 saturated heterocycles. The van der Waals surface area contributed by atoms with Gasteiger partial charge in [-0.3, -0.25) is 4.79 Å². The monoisotopic (exact) mass is 325 g/mol. The number of halogens is 1. The van der Waals surface area contributed by atoms with Gasteiger partial charge in [-0.25, -0.2) is 4.39 Å². The van der Waals surface area contributed by atoms with Crippen molar-refractivity contribution in [3.63, 3.8) is 0 Å². The molecule has 0 aliphatic carbocycles. The number of nitrogens with one attached hydrogen (secondary N) is 1. The van der Waals surface area contributed by atoms with Crippen molar-refractivity contribution >= 4 is 11.6 Å². The fourth-order valence-electron chi connectivity index (χ4n) is 2.16. The lowest BCUT2D eigenvalue weighted by atomic mass is 10.1. The van der Waals surface area contributed by atoms with Crippen LogP contribution in [0.3, 0.4) is 0 Å². The van der Waals surface area contributed by atoms with Crippen LogP contribution in [-0.4, -0.2) is 16.0 Å². The van der Waals surface area contributed by atoms with Gasteiger partial charge < -0.3 is 9.84 Å². The number of carbonyl (C=O) groups is 1. The van der Waals surface area contributed by atoms with Crippen LogP contribution in [0.15, 0.2) is 47.0 Å². The lowest BCUT2D eigenvalue weighted by Crippen LogP contribution is -2.12. The third-order valence-electron chi connectivity index (χ3n) is 3.61. The Kier molecular flexibility index (Phi) is 4.37. The van der Waals surface area contributed by atoms with Crippen LogP contribution in [0.2, 0.25) is 0 Å². The quantitative estimate of drug-likeness (QED) is 0.787. The van der Waals surface area contributed by atoms with Gasteiger partial charge in [-0.2, -0.15) is 4.98 Å². The summed E-state index contributed by atoms with van der Waals surface area (Å²) in [4.78, 5) is 16.5. The topological polar surface area (TPSA) is 68.0 Å². The third-order valence-corrected chi connectivity index (χ3v) is 3.61. The number of aromatic nitrogens is 2. The fraction of sp³-hybridized carbons (Fsp3) is 0.167. The van der Waals surface area contributed by atoms with Crippen LogP contribution in [0.1, 0.15) is 28.7 Å². The molecule has 1 aromatic heterocycles. The van der Waals surface area contributed by atoms with Crippen molar-refractivity contribution in [1.82, 2.24) is 10.1 Å². The van der Waals surface area contributed by atoms with E-state index in [-0.39, 0.29) is 11.7 Å². The van der Waals surface area contributed by atoms with Gasteiger partial charge in [-0.1, -0.05) is 30.3 Å². The molecule has 1 N–H and O–H groups in total. The minimum Gasteiger partial charge on any atom is -0.339 e. The Morgan fingerprint density at radius 2 is 1.96 bits per heavy atom. The molecule has 24 heavy (non-hydrogen) atoms. The molecular formula is C18H16FN3O2. The van der Waals surface area contributed by atoms with Gasteiger partial charge in [0.05, 0.1) is 0 Å². The zero-order valence-electron chi connectivity index (χ0n) is 13.3. The molecule has 0 unspecified atom stereocenters. The number of nitrogens with zero attached hydrogens (tertiary/aromatic N) is 2. The molecule has 3 rings (SSSR count). The molecule has 0 aliphatic heterocycles. The molecule has 1 amide bonds. The first kappa shape index (κ1) is 15.9. The van der Waals surface area contributed by atoms with Gasteiger partial charge in [0, 0.05) is 23.2 Å². The highest BCUT2D eigenvalue weighted by atomic mass is 19.1. The van der Waals surface area contributed by atoms with Crippen molar-refractivity contribution in [2.24, 2.45) is 0 Å². The molecule has 0 spiro atoms. The highest BCUT2D eigenvalue weighted by molar-refractivity contribution is 6.04. The Hall–Kier alpha value is -3.02. The third kappa shape index (κ3) is 3.32. The molecule has 0 atom stereocenters. The molecule has 0 bridgehead atoms. The number of carbonyl (C=O) groups excluding carboxylic acids is 1. The number of hydrogen-bond donors (Lipinski definition) is 1. The molecule has 5 nitrogen and oxygen atoms in total. The fourth-order valence-corrected chi connectivity index (χ4v) is 2.16. The molecule has 0 radical (unpaired) electrons. The van der Waals surface area contributed by atoms with E-state index in [1.165, 1.54) is 6.07 Å². The first-order chi connectivity index (χ1) is 11.6. The number of amides is 1. The Labute approximate surface area is 138 Å². The van der Waals surface area contributed by atoms with Crippen molar-refractivity contribution in [2.75, 3.05) is 5.32 Å². The highest BCUT2D eigenvalue weighted by Gasteiger charge is 2.10. The van der Waals surface area contributed by atoms with Crippen molar-refractivity contribution in [3.05, 3.63) is 65.3 Å². The maximum atomic E-state index is 13.5. The van der Waals surface area contributed by atoms with Crippen LogP contribution in [0.5, 0.6) is 0 Å². The van der Waals surface area contributed by atoms with E-state index in [2.05, 4.69) is 15.5 Å². The van der Waals surface area contributed by atoms with E-state index in [0.717, 1.165) is 5.56 Å². The zero-order valence-corrected chi connectivity index (χ0v) is 13.3. The molecule has 3 aromatic rings. The van der Waals surface area contributed by atoms with Crippen LogP contribution in [0.4, 0.5) is 10.1 Å². The van der Waals surface area contributed by atoms with E-state index in [0.29, 0.717) is 35.0 Å². The minimum absolute atomic E-state index is 0.313. The number of anilines is 1. The molecule has 2 aromatic carbocycles. The maximum Gasteiger partial charge on any atom is 0.255 e. The highest BCUT2D eigenvalue weighted by Crippen LogP contribution is 2.18. The summed E-state index contributed by atoms with van der Waals surface area (Å²) in [5, 5.41) is 6.56. The molecule has 122 valence electrons. The summed E-state index contributed by atoms with van der Waals surface area (Å²) < 4.78 is 18.6. The van der Waals surface area contributed by atoms with E-state index >= 15 is 0 Å². The van der Waals surface area contributed by atoms with E-state index in [4.69, 9.17) is 4.52 Å². The maximum absolute atomic E-state index is 13.5. The summed E-state index contributed by atoms with van der Waals surface area (Å²) in [6.07, 6.45) is 0.667. The van der Waals surface area contributed by atoms with Gasteiger partial charge in [0.2, 0.25) is 11.7 Å². The predicted octanol–water partition coefficient (Wildman–Crippen LogP) is 4.00. The van der Waals surface area contributed by atoms with Crippen molar-refractivity contribution < 1.29 is 13.7 Å². The number of hydrogen-bond acceptors (Lipinski definition) is 4.